The molecule has 0 aliphatic heterocycles. The zero-order chi connectivity index (χ0) is 33.7. The number of para-hydroxylation sites is 1. The van der Waals surface area contributed by atoms with Crippen molar-refractivity contribution in [3.8, 4) is 33.7 Å². The molecule has 4 heteroatoms. The molecule has 0 aliphatic carbocycles. The Morgan fingerprint density at radius 2 is 1.14 bits per heavy atom. The summed E-state index contributed by atoms with van der Waals surface area (Å²) in [6, 6.07) is 64.6. The highest BCUT2D eigenvalue weighted by molar-refractivity contribution is 7.25. The van der Waals surface area contributed by atoms with Crippen LogP contribution in [0.25, 0.3) is 75.8 Å². The van der Waals surface area contributed by atoms with Crippen molar-refractivity contribution in [1.29, 1.82) is 0 Å². The zero-order valence-corrected chi connectivity index (χ0v) is 28.3. The van der Waals surface area contributed by atoms with E-state index in [-0.39, 0.29) is 0 Å². The third-order valence-corrected chi connectivity index (χ3v) is 10.8. The van der Waals surface area contributed by atoms with Gasteiger partial charge in [-0.2, -0.15) is 0 Å². The van der Waals surface area contributed by atoms with E-state index in [0.717, 1.165) is 44.9 Å². The van der Waals surface area contributed by atoms with Gasteiger partial charge >= 0.3 is 0 Å². The van der Waals surface area contributed by atoms with E-state index in [1.54, 1.807) is 0 Å². The maximum absolute atomic E-state index is 6.51. The van der Waals surface area contributed by atoms with Crippen molar-refractivity contribution >= 4 is 70.4 Å². The smallest absolute Gasteiger partial charge is 0.227 e. The molecule has 2 heterocycles. The van der Waals surface area contributed by atoms with Crippen LogP contribution < -0.4 is 4.90 Å². The summed E-state index contributed by atoms with van der Waals surface area (Å²) in [4.78, 5) is 7.25. The van der Waals surface area contributed by atoms with Crippen LogP contribution in [-0.4, -0.2) is 4.98 Å². The Morgan fingerprint density at radius 3 is 2.04 bits per heavy atom. The van der Waals surface area contributed by atoms with E-state index in [1.165, 1.54) is 42.1 Å². The molecule has 0 saturated carbocycles. The van der Waals surface area contributed by atoms with Crippen molar-refractivity contribution in [2.75, 3.05) is 4.90 Å². The third kappa shape index (κ3) is 5.25. The van der Waals surface area contributed by atoms with E-state index in [9.17, 15) is 0 Å². The first-order chi connectivity index (χ1) is 25.2. The number of nitrogens with zero attached hydrogens (tertiary/aromatic N) is 2. The number of thiophene rings is 1. The molecule has 0 saturated heterocycles. The molecule has 0 N–H and O–H groups in total. The topological polar surface area (TPSA) is 29.3 Å². The van der Waals surface area contributed by atoms with Crippen LogP contribution >= 0.6 is 11.3 Å². The number of aromatic nitrogens is 1. The Bertz CT molecular complexity index is 2870. The van der Waals surface area contributed by atoms with Crippen molar-refractivity contribution in [2.45, 2.75) is 0 Å². The summed E-state index contributed by atoms with van der Waals surface area (Å²) in [6.07, 6.45) is 0. The lowest BCUT2D eigenvalue weighted by molar-refractivity contribution is 0.621. The molecule has 2 aromatic heterocycles. The molecule has 0 unspecified atom stereocenters. The minimum absolute atomic E-state index is 0.626. The fraction of sp³-hybridized carbons (Fsp3) is 0. The SMILES string of the molecule is c1ccc(-c2cccc(N(c3ccc(-c4cccc5nc(-c6ccc7ccccc7c6)oc45)cc3)c3ccc4c(c3)sc3ccccc34)c2)cc1. The molecule has 0 aliphatic rings. The summed E-state index contributed by atoms with van der Waals surface area (Å²) in [5.41, 5.74) is 10.3. The number of rotatable bonds is 6. The highest BCUT2D eigenvalue weighted by Gasteiger charge is 2.18. The van der Waals surface area contributed by atoms with Crippen molar-refractivity contribution in [1.82, 2.24) is 4.98 Å². The Balaban J connectivity index is 1.07. The number of oxazole rings is 1. The molecule has 3 nitrogen and oxygen atoms in total. The summed E-state index contributed by atoms with van der Waals surface area (Å²) >= 11 is 1.84. The third-order valence-electron chi connectivity index (χ3n) is 9.68. The fourth-order valence-corrected chi connectivity index (χ4v) is 8.31. The van der Waals surface area contributed by atoms with Gasteiger partial charge in [0.05, 0.1) is 0 Å². The van der Waals surface area contributed by atoms with Crippen LogP contribution in [0.15, 0.2) is 186 Å². The largest absolute Gasteiger partial charge is 0.435 e. The predicted octanol–water partition coefficient (Wildman–Crippen LogP) is 13.8. The van der Waals surface area contributed by atoms with E-state index < -0.39 is 0 Å². The number of hydrogen-bond donors (Lipinski definition) is 0. The van der Waals surface area contributed by atoms with Crippen molar-refractivity contribution in [2.24, 2.45) is 0 Å². The van der Waals surface area contributed by atoms with Crippen LogP contribution in [0.3, 0.4) is 0 Å². The lowest BCUT2D eigenvalue weighted by Crippen LogP contribution is -2.09. The van der Waals surface area contributed by atoms with Crippen LogP contribution in [0.4, 0.5) is 17.1 Å². The molecule has 0 fully saturated rings. The molecule has 0 amide bonds. The van der Waals surface area contributed by atoms with Gasteiger partial charge in [0.15, 0.2) is 5.58 Å². The van der Waals surface area contributed by atoms with Crippen molar-refractivity contribution in [3.05, 3.63) is 182 Å². The fourth-order valence-electron chi connectivity index (χ4n) is 7.17. The van der Waals surface area contributed by atoms with E-state index in [0.29, 0.717) is 5.89 Å². The second-order valence-electron chi connectivity index (χ2n) is 12.8. The van der Waals surface area contributed by atoms with Gasteiger partial charge in [0, 0.05) is 48.4 Å². The number of benzene rings is 8. The van der Waals surface area contributed by atoms with Gasteiger partial charge in [-0.1, -0.05) is 121 Å². The van der Waals surface area contributed by atoms with Crippen LogP contribution in [0.1, 0.15) is 0 Å². The minimum Gasteiger partial charge on any atom is -0.435 e. The molecular formula is C47H30N2OS. The van der Waals surface area contributed by atoms with Gasteiger partial charge in [-0.3, -0.25) is 0 Å². The van der Waals surface area contributed by atoms with Gasteiger partial charge in [-0.25, -0.2) is 4.98 Å². The second-order valence-corrected chi connectivity index (χ2v) is 13.9. The lowest BCUT2D eigenvalue weighted by Gasteiger charge is -2.26. The van der Waals surface area contributed by atoms with Gasteiger partial charge < -0.3 is 9.32 Å². The quantitative estimate of drug-likeness (QED) is 0.176. The molecule has 240 valence electrons. The van der Waals surface area contributed by atoms with Crippen LogP contribution in [-0.2, 0) is 0 Å². The predicted molar refractivity (Wildman–Crippen MR) is 215 cm³/mol. The molecule has 0 spiro atoms. The average Bonchev–Trinajstić information content (AvgIpc) is 3.80. The summed E-state index contributed by atoms with van der Waals surface area (Å²) in [5, 5.41) is 4.95. The summed E-state index contributed by atoms with van der Waals surface area (Å²) < 4.78 is 9.08. The number of fused-ring (bicyclic) bond motifs is 5. The van der Waals surface area contributed by atoms with Gasteiger partial charge in [-0.05, 0) is 88.1 Å². The molecule has 0 radical (unpaired) electrons. The Kier molecular flexibility index (Phi) is 7.00. The van der Waals surface area contributed by atoms with Gasteiger partial charge in [0.1, 0.15) is 5.52 Å². The molecule has 10 rings (SSSR count). The first-order valence-electron chi connectivity index (χ1n) is 17.1. The summed E-state index contributed by atoms with van der Waals surface area (Å²) in [6.45, 7) is 0. The molecule has 0 bridgehead atoms. The minimum atomic E-state index is 0.626. The first-order valence-corrected chi connectivity index (χ1v) is 17.9. The van der Waals surface area contributed by atoms with E-state index in [2.05, 4.69) is 181 Å². The maximum Gasteiger partial charge on any atom is 0.227 e. The molecule has 51 heavy (non-hydrogen) atoms. The molecule has 8 aromatic carbocycles. The summed E-state index contributed by atoms with van der Waals surface area (Å²) in [7, 11) is 0. The van der Waals surface area contributed by atoms with Crippen LogP contribution in [0.5, 0.6) is 0 Å². The lowest BCUT2D eigenvalue weighted by atomic mass is 10.0. The molecule has 10 aromatic rings. The monoisotopic (exact) mass is 670 g/mol. The average molecular weight is 671 g/mol. The first kappa shape index (κ1) is 29.4. The van der Waals surface area contributed by atoms with Gasteiger partial charge in [0.25, 0.3) is 0 Å². The Morgan fingerprint density at radius 1 is 0.431 bits per heavy atom. The van der Waals surface area contributed by atoms with Gasteiger partial charge in [-0.15, -0.1) is 11.3 Å². The van der Waals surface area contributed by atoms with Crippen molar-refractivity contribution < 1.29 is 4.42 Å². The van der Waals surface area contributed by atoms with Crippen LogP contribution in [0.2, 0.25) is 0 Å². The van der Waals surface area contributed by atoms with Crippen LogP contribution in [0, 0.1) is 0 Å². The zero-order valence-electron chi connectivity index (χ0n) is 27.5. The molecular weight excluding hydrogens is 641 g/mol. The summed E-state index contributed by atoms with van der Waals surface area (Å²) in [5.74, 6) is 0.626. The highest BCUT2D eigenvalue weighted by Crippen LogP contribution is 2.42. The standard InChI is InChI=1S/C47H30N2OS/c1-2-10-31(11-3-1)35-14-8-15-38(29-35)49(39-26-27-42-41-16-6-7-19-44(41)51-45(42)30-39)37-24-22-33(23-25-37)40-17-9-18-43-46(40)50-47(48-43)36-21-20-32-12-4-5-13-34(32)28-36/h1-30H. The number of anilines is 3. The van der Waals surface area contributed by atoms with Gasteiger partial charge in [0.2, 0.25) is 5.89 Å². The Hall–Kier alpha value is -6.49. The van der Waals surface area contributed by atoms with E-state index >= 15 is 0 Å². The van der Waals surface area contributed by atoms with E-state index in [1.807, 2.05) is 17.4 Å². The van der Waals surface area contributed by atoms with E-state index in [4.69, 9.17) is 9.40 Å². The normalized spacial score (nSPS) is 11.5. The highest BCUT2D eigenvalue weighted by atomic mass is 32.1. The number of hydrogen-bond acceptors (Lipinski definition) is 4. The second kappa shape index (κ2) is 12.1. The maximum atomic E-state index is 6.51. The van der Waals surface area contributed by atoms with Crippen molar-refractivity contribution in [3.63, 3.8) is 0 Å². The Labute approximate surface area is 299 Å². The molecule has 0 atom stereocenters.